The third kappa shape index (κ3) is 3.55. The van der Waals surface area contributed by atoms with Gasteiger partial charge in [-0.1, -0.05) is 72.8 Å². The highest BCUT2D eigenvalue weighted by Crippen LogP contribution is 2.38. The Morgan fingerprint density at radius 3 is 1.86 bits per heavy atom. The second-order valence-electron chi connectivity index (χ2n) is 5.11. The summed E-state index contributed by atoms with van der Waals surface area (Å²) in [5.41, 5.74) is 1.32. The lowest BCUT2D eigenvalue weighted by atomic mass is 10.2. The zero-order chi connectivity index (χ0) is 15.2. The molecule has 0 aliphatic rings. The van der Waals surface area contributed by atoms with Gasteiger partial charge in [0.1, 0.15) is 5.75 Å². The molecule has 3 aromatic rings. The van der Waals surface area contributed by atoms with Gasteiger partial charge in [-0.25, -0.2) is 0 Å². The fourth-order valence-electron chi connectivity index (χ4n) is 2.50. The second-order valence-corrected chi connectivity index (χ2v) is 7.31. The van der Waals surface area contributed by atoms with Crippen LogP contribution in [-0.4, -0.2) is 7.11 Å². The molecule has 0 aromatic heterocycles. The van der Waals surface area contributed by atoms with Crippen LogP contribution in [0.1, 0.15) is 5.56 Å². The van der Waals surface area contributed by atoms with Crippen LogP contribution < -0.4 is 15.3 Å². The Morgan fingerprint density at radius 1 is 0.727 bits per heavy atom. The van der Waals surface area contributed by atoms with Crippen LogP contribution in [0.3, 0.4) is 0 Å². The van der Waals surface area contributed by atoms with Gasteiger partial charge in [0.2, 0.25) is 0 Å². The minimum Gasteiger partial charge on any atom is -0.497 e. The Morgan fingerprint density at radius 2 is 1.32 bits per heavy atom. The molecule has 0 aliphatic heterocycles. The zero-order valence-corrected chi connectivity index (χ0v) is 13.5. The molecular weight excluding hydrogens is 287 g/mol. The van der Waals surface area contributed by atoms with Gasteiger partial charge in [-0.05, 0) is 36.2 Å². The number of rotatable bonds is 5. The molecule has 0 N–H and O–H groups in total. The summed E-state index contributed by atoms with van der Waals surface area (Å²) in [7, 11) is 1.32. The van der Waals surface area contributed by atoms with Crippen LogP contribution in [0.4, 0.5) is 0 Å². The van der Waals surface area contributed by atoms with E-state index in [0.717, 1.165) is 11.9 Å². The van der Waals surface area contributed by atoms with Gasteiger partial charge in [0.05, 0.1) is 7.11 Å². The van der Waals surface area contributed by atoms with Crippen molar-refractivity contribution in [1.82, 2.24) is 0 Å². The summed E-state index contributed by atoms with van der Waals surface area (Å²) < 4.78 is 5.36. The number of benzene rings is 3. The Labute approximate surface area is 133 Å². The Kier molecular flexibility index (Phi) is 4.88. The maximum atomic E-state index is 5.36. The van der Waals surface area contributed by atoms with E-state index in [1.807, 2.05) is 6.07 Å². The van der Waals surface area contributed by atoms with Crippen molar-refractivity contribution in [2.45, 2.75) is 6.16 Å². The van der Waals surface area contributed by atoms with Gasteiger partial charge >= 0.3 is 0 Å². The second kappa shape index (κ2) is 7.24. The molecule has 0 amide bonds. The summed E-state index contributed by atoms with van der Waals surface area (Å²) in [5, 5.41) is 2.82. The predicted molar refractivity (Wildman–Crippen MR) is 95.8 cm³/mol. The van der Waals surface area contributed by atoms with Gasteiger partial charge < -0.3 is 4.74 Å². The first kappa shape index (κ1) is 14.8. The molecular formula is C20H19OP. The van der Waals surface area contributed by atoms with Crippen LogP contribution in [0.15, 0.2) is 84.9 Å². The largest absolute Gasteiger partial charge is 0.497 e. The van der Waals surface area contributed by atoms with Gasteiger partial charge in [-0.3, -0.25) is 0 Å². The lowest BCUT2D eigenvalue weighted by Crippen LogP contribution is -2.12. The van der Waals surface area contributed by atoms with Crippen molar-refractivity contribution >= 4 is 18.5 Å². The average molecular weight is 306 g/mol. The van der Waals surface area contributed by atoms with Crippen molar-refractivity contribution < 1.29 is 4.74 Å². The lowest BCUT2D eigenvalue weighted by Gasteiger charge is -2.19. The van der Waals surface area contributed by atoms with E-state index < -0.39 is 7.92 Å². The van der Waals surface area contributed by atoms with E-state index in [2.05, 4.69) is 78.9 Å². The summed E-state index contributed by atoms with van der Waals surface area (Å²) in [6.45, 7) is 0. The number of ether oxygens (including phenoxy) is 1. The number of methoxy groups -OCH3 is 1. The van der Waals surface area contributed by atoms with Gasteiger partial charge in [-0.2, -0.15) is 0 Å². The fraction of sp³-hybridized carbons (Fsp3) is 0.100. The molecule has 0 bridgehead atoms. The van der Waals surface area contributed by atoms with Crippen LogP contribution in [0, 0.1) is 0 Å². The molecule has 0 heterocycles. The SMILES string of the molecule is COc1cccc(CP(c2ccccc2)c2ccccc2)c1. The molecule has 3 rings (SSSR count). The molecule has 0 saturated carbocycles. The maximum absolute atomic E-state index is 5.36. The van der Waals surface area contributed by atoms with Crippen LogP contribution >= 0.6 is 7.92 Å². The van der Waals surface area contributed by atoms with Gasteiger partial charge in [-0.15, -0.1) is 0 Å². The van der Waals surface area contributed by atoms with E-state index in [1.54, 1.807) is 7.11 Å². The Bertz CT molecular complexity index is 671. The molecule has 2 heteroatoms. The van der Waals surface area contributed by atoms with Crippen molar-refractivity contribution in [3.8, 4) is 5.75 Å². The molecule has 3 aromatic carbocycles. The third-order valence-electron chi connectivity index (χ3n) is 3.61. The summed E-state index contributed by atoms with van der Waals surface area (Å²) in [6.07, 6.45) is 1.03. The predicted octanol–water partition coefficient (Wildman–Crippen LogP) is 4.33. The van der Waals surface area contributed by atoms with Gasteiger partial charge in [0.15, 0.2) is 0 Å². The van der Waals surface area contributed by atoms with Crippen LogP contribution in [0.5, 0.6) is 5.75 Å². The number of hydrogen-bond donors (Lipinski definition) is 0. The molecule has 22 heavy (non-hydrogen) atoms. The van der Waals surface area contributed by atoms with Crippen molar-refractivity contribution in [2.24, 2.45) is 0 Å². The smallest absolute Gasteiger partial charge is 0.119 e. The van der Waals surface area contributed by atoms with Crippen LogP contribution in [0.2, 0.25) is 0 Å². The summed E-state index contributed by atoms with van der Waals surface area (Å²) >= 11 is 0. The molecule has 0 aliphatic carbocycles. The van der Waals surface area contributed by atoms with Gasteiger partial charge in [0.25, 0.3) is 0 Å². The monoisotopic (exact) mass is 306 g/mol. The first-order chi connectivity index (χ1) is 10.9. The minimum absolute atomic E-state index is 0.400. The first-order valence-electron chi connectivity index (χ1n) is 7.37. The van der Waals surface area contributed by atoms with Crippen molar-refractivity contribution in [3.63, 3.8) is 0 Å². The maximum Gasteiger partial charge on any atom is 0.119 e. The molecule has 0 unspecified atom stereocenters. The van der Waals surface area contributed by atoms with E-state index >= 15 is 0 Å². The minimum atomic E-state index is -0.400. The Balaban J connectivity index is 1.95. The van der Waals surface area contributed by atoms with Crippen molar-refractivity contribution in [1.29, 1.82) is 0 Å². The fourth-order valence-corrected chi connectivity index (χ4v) is 4.79. The molecule has 0 atom stereocenters. The van der Waals surface area contributed by atoms with Crippen LogP contribution in [0.25, 0.3) is 0 Å². The molecule has 1 nitrogen and oxygen atoms in total. The average Bonchev–Trinajstić information content (AvgIpc) is 2.61. The quantitative estimate of drug-likeness (QED) is 0.638. The molecule has 0 spiro atoms. The zero-order valence-electron chi connectivity index (χ0n) is 12.6. The highest BCUT2D eigenvalue weighted by Gasteiger charge is 2.14. The van der Waals surface area contributed by atoms with Gasteiger partial charge in [0, 0.05) is 6.16 Å². The Hall–Kier alpha value is -2.11. The highest BCUT2D eigenvalue weighted by molar-refractivity contribution is 7.72. The van der Waals surface area contributed by atoms with Crippen molar-refractivity contribution in [3.05, 3.63) is 90.5 Å². The van der Waals surface area contributed by atoms with E-state index in [4.69, 9.17) is 4.74 Å². The molecule has 0 saturated heterocycles. The topological polar surface area (TPSA) is 9.23 Å². The molecule has 110 valence electrons. The summed E-state index contributed by atoms with van der Waals surface area (Å²) in [4.78, 5) is 0. The normalized spacial score (nSPS) is 10.6. The van der Waals surface area contributed by atoms with Crippen molar-refractivity contribution in [2.75, 3.05) is 7.11 Å². The summed E-state index contributed by atoms with van der Waals surface area (Å²) in [6, 6.07) is 30.0. The highest BCUT2D eigenvalue weighted by atomic mass is 31.1. The third-order valence-corrected chi connectivity index (χ3v) is 6.13. The van der Waals surface area contributed by atoms with Crippen LogP contribution in [-0.2, 0) is 6.16 Å². The number of hydrogen-bond acceptors (Lipinski definition) is 1. The standard InChI is InChI=1S/C20H19OP/c1-21-18-10-8-9-17(15-18)16-22(19-11-4-2-5-12-19)20-13-6-3-7-14-20/h2-15H,16H2,1H3. The first-order valence-corrected chi connectivity index (χ1v) is 8.90. The van der Waals surface area contributed by atoms with E-state index in [9.17, 15) is 0 Å². The molecule has 0 radical (unpaired) electrons. The summed E-state index contributed by atoms with van der Waals surface area (Å²) in [5.74, 6) is 0.925. The molecule has 0 fully saturated rings. The van der Waals surface area contributed by atoms with E-state index in [-0.39, 0.29) is 0 Å². The lowest BCUT2D eigenvalue weighted by molar-refractivity contribution is 0.414. The van der Waals surface area contributed by atoms with E-state index in [1.165, 1.54) is 16.2 Å². The van der Waals surface area contributed by atoms with E-state index in [0.29, 0.717) is 0 Å².